The topological polar surface area (TPSA) is 38.3 Å². The summed E-state index contributed by atoms with van der Waals surface area (Å²) in [5.41, 5.74) is 0.117. The molecule has 2 atom stereocenters. The van der Waals surface area contributed by atoms with Gasteiger partial charge in [-0.25, -0.2) is 0 Å². The van der Waals surface area contributed by atoms with Gasteiger partial charge in [-0.05, 0) is 42.2 Å². The molecule has 1 saturated heterocycles. The fourth-order valence-corrected chi connectivity index (χ4v) is 3.71. The van der Waals surface area contributed by atoms with Gasteiger partial charge < -0.3 is 10.1 Å². The van der Waals surface area contributed by atoms with Crippen molar-refractivity contribution in [2.75, 3.05) is 25.2 Å². The molecule has 0 radical (unpaired) electrons. The van der Waals surface area contributed by atoms with E-state index < -0.39 is 11.7 Å². The van der Waals surface area contributed by atoms with Gasteiger partial charge in [0.1, 0.15) is 0 Å². The number of halogens is 3. The maximum absolute atomic E-state index is 12.6. The van der Waals surface area contributed by atoms with E-state index >= 15 is 0 Å². The summed E-state index contributed by atoms with van der Waals surface area (Å²) in [4.78, 5) is 11.3. The summed E-state index contributed by atoms with van der Waals surface area (Å²) in [5.74, 6) is 1.30. The predicted octanol–water partition coefficient (Wildman–Crippen LogP) is 3.65. The molecule has 0 bridgehead atoms. The molecule has 0 aromatic heterocycles. The van der Waals surface area contributed by atoms with Crippen molar-refractivity contribution in [3.8, 4) is 0 Å². The average Bonchev–Trinajstić information content (AvgIpc) is 2.54. The minimum atomic E-state index is -4.32. The summed E-state index contributed by atoms with van der Waals surface area (Å²) in [7, 11) is 1.59. The Kier molecular flexibility index (Phi) is 6.35. The first kappa shape index (κ1) is 18.1. The lowest BCUT2D eigenvalue weighted by molar-refractivity contribution is -0.137. The number of nitrogens with one attached hydrogen (secondary N) is 1. The van der Waals surface area contributed by atoms with Crippen molar-refractivity contribution in [2.24, 2.45) is 5.92 Å². The molecular formula is C16H20F3NO2S. The van der Waals surface area contributed by atoms with Crippen molar-refractivity contribution in [2.45, 2.75) is 25.1 Å². The minimum Gasteiger partial charge on any atom is -0.373 e. The monoisotopic (exact) mass is 347 g/mol. The highest BCUT2D eigenvalue weighted by molar-refractivity contribution is 7.99. The summed E-state index contributed by atoms with van der Waals surface area (Å²) in [6.45, 7) is 0.613. The van der Waals surface area contributed by atoms with Crippen LogP contribution in [0.4, 0.5) is 13.2 Å². The number of alkyl halides is 3. The number of amides is 1. The maximum atomic E-state index is 12.6. The zero-order valence-corrected chi connectivity index (χ0v) is 13.7. The number of hydrogen-bond donors (Lipinski definition) is 1. The lowest BCUT2D eigenvalue weighted by Gasteiger charge is -2.32. The molecule has 2 rings (SSSR count). The Morgan fingerprint density at radius 1 is 1.35 bits per heavy atom. The zero-order chi connectivity index (χ0) is 16.9. The molecule has 128 valence electrons. The van der Waals surface area contributed by atoms with Crippen LogP contribution in [-0.4, -0.2) is 31.1 Å². The number of carbonyl (C=O) groups excluding carboxylic acids is 1. The van der Waals surface area contributed by atoms with Gasteiger partial charge in [0.15, 0.2) is 0 Å². The molecule has 0 aliphatic carbocycles. The molecular weight excluding hydrogens is 327 g/mol. The number of hydrogen-bond acceptors (Lipinski definition) is 3. The number of carbonyl (C=O) groups is 1. The lowest BCUT2D eigenvalue weighted by Crippen LogP contribution is -2.26. The van der Waals surface area contributed by atoms with Crippen LogP contribution in [0.3, 0.4) is 0 Å². The van der Waals surface area contributed by atoms with Gasteiger partial charge in [-0.1, -0.05) is 12.1 Å². The summed E-state index contributed by atoms with van der Waals surface area (Å²) >= 11 is 1.53. The van der Waals surface area contributed by atoms with Crippen LogP contribution in [0.15, 0.2) is 24.3 Å². The third-order valence-corrected chi connectivity index (χ3v) is 4.99. The van der Waals surface area contributed by atoms with Crippen molar-refractivity contribution in [1.82, 2.24) is 5.32 Å². The first-order valence-electron chi connectivity index (χ1n) is 7.49. The van der Waals surface area contributed by atoms with Gasteiger partial charge in [-0.3, -0.25) is 4.79 Å². The van der Waals surface area contributed by atoms with Gasteiger partial charge in [0.25, 0.3) is 0 Å². The second kappa shape index (κ2) is 8.06. The normalized spacial score (nSPS) is 21.9. The van der Waals surface area contributed by atoms with E-state index in [1.165, 1.54) is 23.9 Å². The molecule has 1 amide bonds. The Hall–Kier alpha value is -1.21. The Morgan fingerprint density at radius 2 is 2.04 bits per heavy atom. The molecule has 1 heterocycles. The van der Waals surface area contributed by atoms with Gasteiger partial charge in [0.05, 0.1) is 17.4 Å². The fourth-order valence-electron chi connectivity index (χ4n) is 2.62. The standard InChI is InChI=1S/C16H20F3NO2S/c1-20-14(21)10-23-9-12-3-2-8-22-15(12)11-4-6-13(7-5-11)16(17,18)19/h4-7,12,15H,2-3,8-10H2,1H3,(H,20,21)/t12-,15-/m0/s1. The van der Waals surface area contributed by atoms with Crippen LogP contribution in [-0.2, 0) is 15.7 Å². The van der Waals surface area contributed by atoms with E-state index in [4.69, 9.17) is 4.74 Å². The molecule has 0 unspecified atom stereocenters. The predicted molar refractivity (Wildman–Crippen MR) is 84.3 cm³/mol. The Bertz CT molecular complexity index is 519. The van der Waals surface area contributed by atoms with Crippen LogP contribution in [0.2, 0.25) is 0 Å². The summed E-state index contributed by atoms with van der Waals surface area (Å²) in [6.07, 6.45) is -2.65. The highest BCUT2D eigenvalue weighted by Crippen LogP contribution is 2.37. The average molecular weight is 347 g/mol. The van der Waals surface area contributed by atoms with Crippen LogP contribution < -0.4 is 5.32 Å². The third-order valence-electron chi connectivity index (χ3n) is 3.86. The van der Waals surface area contributed by atoms with Gasteiger partial charge in [0, 0.05) is 13.7 Å². The quantitative estimate of drug-likeness (QED) is 0.884. The van der Waals surface area contributed by atoms with Crippen molar-refractivity contribution in [3.05, 3.63) is 35.4 Å². The SMILES string of the molecule is CNC(=O)CSC[C@@H]1CCCO[C@H]1c1ccc(C(F)(F)F)cc1. The van der Waals surface area contributed by atoms with E-state index in [1.807, 2.05) is 0 Å². The fraction of sp³-hybridized carbons (Fsp3) is 0.562. The first-order chi connectivity index (χ1) is 10.9. The van der Waals surface area contributed by atoms with Crippen molar-refractivity contribution in [1.29, 1.82) is 0 Å². The zero-order valence-electron chi connectivity index (χ0n) is 12.9. The number of benzene rings is 1. The van der Waals surface area contributed by atoms with Crippen molar-refractivity contribution >= 4 is 17.7 Å². The van der Waals surface area contributed by atoms with Crippen LogP contribution in [0.5, 0.6) is 0 Å². The minimum absolute atomic E-state index is 0.0298. The molecule has 1 aliphatic rings. The van der Waals surface area contributed by atoms with Gasteiger partial charge in [-0.2, -0.15) is 24.9 Å². The second-order valence-electron chi connectivity index (χ2n) is 5.50. The number of thioether (sulfide) groups is 1. The number of ether oxygens (including phenoxy) is 1. The molecule has 23 heavy (non-hydrogen) atoms. The van der Waals surface area contributed by atoms with Crippen LogP contribution >= 0.6 is 11.8 Å². The third kappa shape index (κ3) is 5.14. The molecule has 1 fully saturated rings. The van der Waals surface area contributed by atoms with E-state index in [2.05, 4.69) is 5.32 Å². The van der Waals surface area contributed by atoms with Gasteiger partial charge in [0.2, 0.25) is 5.91 Å². The molecule has 1 aromatic rings. The highest BCUT2D eigenvalue weighted by Gasteiger charge is 2.32. The van der Waals surface area contributed by atoms with Crippen LogP contribution in [0, 0.1) is 5.92 Å². The molecule has 1 aliphatic heterocycles. The first-order valence-corrected chi connectivity index (χ1v) is 8.64. The molecule has 0 saturated carbocycles. The van der Waals surface area contributed by atoms with E-state index in [0.717, 1.165) is 36.3 Å². The van der Waals surface area contributed by atoms with Gasteiger partial charge >= 0.3 is 6.18 Å². The molecule has 7 heteroatoms. The summed E-state index contributed by atoms with van der Waals surface area (Å²) < 4.78 is 43.7. The molecule has 3 nitrogen and oxygen atoms in total. The van der Waals surface area contributed by atoms with E-state index in [9.17, 15) is 18.0 Å². The Labute approximate surface area is 138 Å². The maximum Gasteiger partial charge on any atom is 0.416 e. The second-order valence-corrected chi connectivity index (χ2v) is 6.53. The smallest absolute Gasteiger partial charge is 0.373 e. The van der Waals surface area contributed by atoms with Crippen LogP contribution in [0.1, 0.15) is 30.1 Å². The highest BCUT2D eigenvalue weighted by atomic mass is 32.2. The molecule has 0 spiro atoms. The van der Waals surface area contributed by atoms with E-state index in [1.54, 1.807) is 7.05 Å². The Morgan fingerprint density at radius 3 is 2.65 bits per heavy atom. The van der Waals surface area contributed by atoms with Gasteiger partial charge in [-0.15, -0.1) is 0 Å². The van der Waals surface area contributed by atoms with Crippen molar-refractivity contribution in [3.63, 3.8) is 0 Å². The van der Waals surface area contributed by atoms with E-state index in [0.29, 0.717) is 12.4 Å². The molecule has 1 aromatic carbocycles. The summed E-state index contributed by atoms with van der Waals surface area (Å²) in [6, 6.07) is 5.19. The lowest BCUT2D eigenvalue weighted by atomic mass is 9.90. The molecule has 1 N–H and O–H groups in total. The summed E-state index contributed by atoms with van der Waals surface area (Å²) in [5, 5.41) is 2.57. The van der Waals surface area contributed by atoms with E-state index in [-0.39, 0.29) is 17.9 Å². The number of rotatable bonds is 5. The van der Waals surface area contributed by atoms with Crippen LogP contribution in [0.25, 0.3) is 0 Å². The Balaban J connectivity index is 2.01. The van der Waals surface area contributed by atoms with Crippen molar-refractivity contribution < 1.29 is 22.7 Å². The largest absolute Gasteiger partial charge is 0.416 e.